The lowest BCUT2D eigenvalue weighted by atomic mass is 10.2. The van der Waals surface area contributed by atoms with Crippen LogP contribution in [0.2, 0.25) is 0 Å². The van der Waals surface area contributed by atoms with E-state index >= 15 is 0 Å². The Hall–Kier alpha value is -3.47. The third-order valence-corrected chi connectivity index (χ3v) is 4.33. The van der Waals surface area contributed by atoms with Crippen LogP contribution in [0.15, 0.2) is 78.9 Å². The Morgan fingerprint density at radius 2 is 1.60 bits per heavy atom. The lowest BCUT2D eigenvalue weighted by molar-refractivity contribution is -0.114. The van der Waals surface area contributed by atoms with Gasteiger partial charge in [0.1, 0.15) is 11.5 Å². The van der Waals surface area contributed by atoms with Gasteiger partial charge < -0.3 is 20.1 Å². The van der Waals surface area contributed by atoms with Crippen LogP contribution in [0.1, 0.15) is 19.4 Å². The zero-order valence-electron chi connectivity index (χ0n) is 17.4. The van der Waals surface area contributed by atoms with Gasteiger partial charge in [0.25, 0.3) is 0 Å². The van der Waals surface area contributed by atoms with Gasteiger partial charge in [-0.1, -0.05) is 42.5 Å². The van der Waals surface area contributed by atoms with Crippen LogP contribution in [0.5, 0.6) is 11.5 Å². The van der Waals surface area contributed by atoms with E-state index in [0.717, 1.165) is 17.9 Å². The van der Waals surface area contributed by atoms with E-state index in [4.69, 9.17) is 9.47 Å². The first-order chi connectivity index (χ1) is 14.6. The average Bonchev–Trinajstić information content (AvgIpc) is 2.75. The molecule has 5 heteroatoms. The zero-order chi connectivity index (χ0) is 21.2. The molecule has 0 atom stereocenters. The molecule has 0 aromatic heterocycles. The molecule has 0 unspecified atom stereocenters. The van der Waals surface area contributed by atoms with Gasteiger partial charge in [-0.05, 0) is 55.8 Å². The molecule has 3 aromatic rings. The maximum atomic E-state index is 12.3. The molecule has 0 heterocycles. The molecule has 0 aliphatic heterocycles. The van der Waals surface area contributed by atoms with Crippen molar-refractivity contribution in [3.8, 4) is 11.5 Å². The number of hydrogen-bond donors (Lipinski definition) is 2. The van der Waals surface area contributed by atoms with Crippen molar-refractivity contribution >= 4 is 17.3 Å². The minimum Gasteiger partial charge on any atom is -0.493 e. The Morgan fingerprint density at radius 3 is 2.33 bits per heavy atom. The Morgan fingerprint density at radius 1 is 0.900 bits per heavy atom. The van der Waals surface area contributed by atoms with Gasteiger partial charge in [-0.25, -0.2) is 0 Å². The molecular weight excluding hydrogens is 376 g/mol. The average molecular weight is 405 g/mol. The second-order valence-corrected chi connectivity index (χ2v) is 7.17. The molecule has 30 heavy (non-hydrogen) atoms. The van der Waals surface area contributed by atoms with Gasteiger partial charge in [0.2, 0.25) is 5.91 Å². The summed E-state index contributed by atoms with van der Waals surface area (Å²) in [6, 6.07) is 25.3. The molecule has 0 radical (unpaired) electrons. The zero-order valence-corrected chi connectivity index (χ0v) is 17.4. The maximum Gasteiger partial charge on any atom is 0.243 e. The van der Waals surface area contributed by atoms with Crippen molar-refractivity contribution in [2.24, 2.45) is 0 Å². The van der Waals surface area contributed by atoms with Crippen molar-refractivity contribution in [2.45, 2.75) is 26.4 Å². The summed E-state index contributed by atoms with van der Waals surface area (Å²) in [7, 11) is 0. The number of nitrogens with one attached hydrogen (secondary N) is 2. The molecular formula is C25H28N2O3. The maximum absolute atomic E-state index is 12.3. The SMILES string of the molecule is CC(C)Oc1ccccc1NC(=O)CNc1ccc(OCCc2ccccc2)cc1. The van der Waals surface area contributed by atoms with Crippen LogP contribution in [0.3, 0.4) is 0 Å². The highest BCUT2D eigenvalue weighted by Gasteiger charge is 2.08. The molecule has 2 N–H and O–H groups in total. The molecule has 0 aliphatic carbocycles. The first-order valence-corrected chi connectivity index (χ1v) is 10.2. The number of anilines is 2. The summed E-state index contributed by atoms with van der Waals surface area (Å²) < 4.78 is 11.5. The first-order valence-electron chi connectivity index (χ1n) is 10.2. The van der Waals surface area contributed by atoms with E-state index in [2.05, 4.69) is 22.8 Å². The van der Waals surface area contributed by atoms with E-state index in [1.165, 1.54) is 5.56 Å². The Labute approximate surface area is 178 Å². The molecule has 0 bridgehead atoms. The van der Waals surface area contributed by atoms with E-state index in [9.17, 15) is 4.79 Å². The minimum absolute atomic E-state index is 0.0367. The summed E-state index contributed by atoms with van der Waals surface area (Å²) in [5.41, 5.74) is 2.77. The van der Waals surface area contributed by atoms with Crippen LogP contribution >= 0.6 is 0 Å². The molecule has 0 saturated heterocycles. The third kappa shape index (κ3) is 6.85. The normalized spacial score (nSPS) is 10.5. The van der Waals surface area contributed by atoms with E-state index < -0.39 is 0 Å². The molecule has 0 aliphatic rings. The molecule has 3 rings (SSSR count). The Balaban J connectivity index is 1.44. The van der Waals surface area contributed by atoms with Crippen LogP contribution in [-0.2, 0) is 11.2 Å². The molecule has 156 valence electrons. The molecule has 0 spiro atoms. The van der Waals surface area contributed by atoms with Crippen molar-refractivity contribution < 1.29 is 14.3 Å². The van der Waals surface area contributed by atoms with Gasteiger partial charge in [0.05, 0.1) is 24.9 Å². The number of para-hydroxylation sites is 2. The van der Waals surface area contributed by atoms with Crippen molar-refractivity contribution in [2.75, 3.05) is 23.8 Å². The predicted molar refractivity (Wildman–Crippen MR) is 121 cm³/mol. The highest BCUT2D eigenvalue weighted by atomic mass is 16.5. The van der Waals surface area contributed by atoms with Crippen molar-refractivity contribution in [3.05, 3.63) is 84.4 Å². The topological polar surface area (TPSA) is 59.6 Å². The first kappa shape index (κ1) is 21.2. The molecule has 0 fully saturated rings. The third-order valence-electron chi connectivity index (χ3n) is 4.33. The highest BCUT2D eigenvalue weighted by molar-refractivity contribution is 5.95. The number of benzene rings is 3. The fourth-order valence-corrected chi connectivity index (χ4v) is 2.90. The number of amides is 1. The van der Waals surface area contributed by atoms with Crippen LogP contribution in [0, 0.1) is 0 Å². The minimum atomic E-state index is -0.141. The standard InChI is InChI=1S/C25H28N2O3/c1-19(2)30-24-11-7-6-10-23(24)27-25(28)18-26-21-12-14-22(15-13-21)29-17-16-20-8-4-3-5-9-20/h3-15,19,26H,16-18H2,1-2H3,(H,27,28). The summed E-state index contributed by atoms with van der Waals surface area (Å²) in [6.07, 6.45) is 0.901. The van der Waals surface area contributed by atoms with Crippen molar-refractivity contribution in [3.63, 3.8) is 0 Å². The molecule has 1 amide bonds. The predicted octanol–water partition coefficient (Wildman–Crippen LogP) is 5.15. The summed E-state index contributed by atoms with van der Waals surface area (Å²) >= 11 is 0. The number of rotatable bonds is 10. The monoisotopic (exact) mass is 404 g/mol. The van der Waals surface area contributed by atoms with E-state index in [0.29, 0.717) is 18.0 Å². The van der Waals surface area contributed by atoms with Crippen molar-refractivity contribution in [1.29, 1.82) is 0 Å². The quantitative estimate of drug-likeness (QED) is 0.491. The Kier molecular flexibility index (Phi) is 7.72. The molecule has 3 aromatic carbocycles. The van der Waals surface area contributed by atoms with Gasteiger partial charge in [-0.15, -0.1) is 0 Å². The van der Waals surface area contributed by atoms with Gasteiger partial charge in [-0.3, -0.25) is 4.79 Å². The van der Waals surface area contributed by atoms with Crippen LogP contribution < -0.4 is 20.1 Å². The number of carbonyl (C=O) groups excluding carboxylic acids is 1. The van der Waals surface area contributed by atoms with Gasteiger partial charge >= 0.3 is 0 Å². The molecule has 0 saturated carbocycles. The largest absolute Gasteiger partial charge is 0.493 e. The van der Waals surface area contributed by atoms with Gasteiger partial charge in [-0.2, -0.15) is 0 Å². The fourth-order valence-electron chi connectivity index (χ4n) is 2.90. The summed E-state index contributed by atoms with van der Waals surface area (Å²) in [5, 5.41) is 6.02. The number of ether oxygens (including phenoxy) is 2. The molecule has 5 nitrogen and oxygen atoms in total. The lowest BCUT2D eigenvalue weighted by Gasteiger charge is -2.15. The second-order valence-electron chi connectivity index (χ2n) is 7.17. The van der Waals surface area contributed by atoms with Crippen LogP contribution in [0.25, 0.3) is 0 Å². The summed E-state index contributed by atoms with van der Waals surface area (Å²) in [6.45, 7) is 4.69. The van der Waals surface area contributed by atoms with E-state index in [1.54, 1.807) is 0 Å². The smallest absolute Gasteiger partial charge is 0.243 e. The second kappa shape index (κ2) is 10.9. The number of hydrogen-bond acceptors (Lipinski definition) is 4. The Bertz CT molecular complexity index is 925. The number of carbonyl (C=O) groups is 1. The van der Waals surface area contributed by atoms with Crippen LogP contribution in [0.4, 0.5) is 11.4 Å². The fraction of sp³-hybridized carbons (Fsp3) is 0.240. The van der Waals surface area contributed by atoms with Gasteiger partial charge in [0, 0.05) is 12.1 Å². The van der Waals surface area contributed by atoms with Gasteiger partial charge in [0.15, 0.2) is 0 Å². The van der Waals surface area contributed by atoms with E-state index in [-0.39, 0.29) is 18.6 Å². The van der Waals surface area contributed by atoms with E-state index in [1.807, 2.05) is 80.6 Å². The van der Waals surface area contributed by atoms with Crippen LogP contribution in [-0.4, -0.2) is 25.2 Å². The van der Waals surface area contributed by atoms with Crippen molar-refractivity contribution in [1.82, 2.24) is 0 Å². The highest BCUT2D eigenvalue weighted by Crippen LogP contribution is 2.24. The summed E-state index contributed by atoms with van der Waals surface area (Å²) in [5.74, 6) is 1.33. The lowest BCUT2D eigenvalue weighted by Crippen LogP contribution is -2.22. The summed E-state index contributed by atoms with van der Waals surface area (Å²) in [4.78, 5) is 12.3.